The average molecular weight is 287 g/mol. The maximum atomic E-state index is 9.55. The SMILES string of the molecule is CCCCCCCCOCCCC(CC)(CO)NCC. The van der Waals surface area contributed by atoms with Gasteiger partial charge in [-0.15, -0.1) is 0 Å². The maximum absolute atomic E-state index is 9.55. The van der Waals surface area contributed by atoms with Crippen LogP contribution < -0.4 is 5.32 Å². The Kier molecular flexibility index (Phi) is 13.8. The first-order valence-corrected chi connectivity index (χ1v) is 8.68. The van der Waals surface area contributed by atoms with Crippen LogP contribution in [-0.2, 0) is 4.74 Å². The summed E-state index contributed by atoms with van der Waals surface area (Å²) in [6.45, 7) is 9.32. The van der Waals surface area contributed by atoms with Gasteiger partial charge in [-0.2, -0.15) is 0 Å². The molecule has 0 aromatic rings. The minimum atomic E-state index is -0.0989. The normalized spacial score (nSPS) is 14.4. The summed E-state index contributed by atoms with van der Waals surface area (Å²) in [5.74, 6) is 0. The van der Waals surface area contributed by atoms with Gasteiger partial charge in [-0.25, -0.2) is 0 Å². The molecule has 2 N–H and O–H groups in total. The van der Waals surface area contributed by atoms with Crippen molar-refractivity contribution in [2.24, 2.45) is 0 Å². The number of hydrogen-bond donors (Lipinski definition) is 2. The van der Waals surface area contributed by atoms with Crippen LogP contribution in [0.5, 0.6) is 0 Å². The number of aliphatic hydroxyl groups is 1. The molecule has 0 aromatic carbocycles. The lowest BCUT2D eigenvalue weighted by Gasteiger charge is -2.31. The first-order valence-electron chi connectivity index (χ1n) is 8.68. The zero-order valence-electron chi connectivity index (χ0n) is 14.0. The molecule has 0 fully saturated rings. The molecular weight excluding hydrogens is 250 g/mol. The number of nitrogens with one attached hydrogen (secondary N) is 1. The monoisotopic (exact) mass is 287 g/mol. The Hall–Kier alpha value is -0.120. The van der Waals surface area contributed by atoms with Crippen molar-refractivity contribution in [3.8, 4) is 0 Å². The van der Waals surface area contributed by atoms with Gasteiger partial charge >= 0.3 is 0 Å². The van der Waals surface area contributed by atoms with E-state index in [4.69, 9.17) is 4.74 Å². The summed E-state index contributed by atoms with van der Waals surface area (Å²) in [7, 11) is 0. The van der Waals surface area contributed by atoms with E-state index in [-0.39, 0.29) is 12.1 Å². The van der Waals surface area contributed by atoms with Gasteiger partial charge in [0.05, 0.1) is 6.61 Å². The summed E-state index contributed by atoms with van der Waals surface area (Å²) in [5, 5.41) is 13.0. The van der Waals surface area contributed by atoms with Gasteiger partial charge < -0.3 is 15.2 Å². The molecule has 20 heavy (non-hydrogen) atoms. The van der Waals surface area contributed by atoms with Crippen LogP contribution in [0.2, 0.25) is 0 Å². The van der Waals surface area contributed by atoms with E-state index in [0.29, 0.717) is 0 Å². The third-order valence-electron chi connectivity index (χ3n) is 4.12. The predicted molar refractivity (Wildman–Crippen MR) is 87.2 cm³/mol. The standard InChI is InChI=1S/C17H37NO2/c1-4-7-8-9-10-11-14-20-15-12-13-17(5-2,16-19)18-6-3/h18-19H,4-16H2,1-3H3. The summed E-state index contributed by atoms with van der Waals surface area (Å²) in [6, 6.07) is 0. The summed E-state index contributed by atoms with van der Waals surface area (Å²) in [5.41, 5.74) is -0.0989. The van der Waals surface area contributed by atoms with Crippen molar-refractivity contribution in [2.75, 3.05) is 26.4 Å². The Morgan fingerprint density at radius 1 is 0.900 bits per heavy atom. The second kappa shape index (κ2) is 13.8. The molecular formula is C17H37NO2. The largest absolute Gasteiger partial charge is 0.394 e. The molecule has 0 spiro atoms. The summed E-state index contributed by atoms with van der Waals surface area (Å²) in [6.07, 6.45) is 10.9. The van der Waals surface area contributed by atoms with Gasteiger partial charge in [0, 0.05) is 18.8 Å². The highest BCUT2D eigenvalue weighted by molar-refractivity contribution is 4.85. The molecule has 0 saturated heterocycles. The summed E-state index contributed by atoms with van der Waals surface area (Å²) in [4.78, 5) is 0. The summed E-state index contributed by atoms with van der Waals surface area (Å²) >= 11 is 0. The number of hydrogen-bond acceptors (Lipinski definition) is 3. The molecule has 0 aliphatic carbocycles. The van der Waals surface area contributed by atoms with Gasteiger partial charge in [0.25, 0.3) is 0 Å². The number of ether oxygens (including phenoxy) is 1. The molecule has 0 aromatic heterocycles. The van der Waals surface area contributed by atoms with Crippen LogP contribution in [0, 0.1) is 0 Å². The smallest absolute Gasteiger partial charge is 0.0613 e. The quantitative estimate of drug-likeness (QED) is 0.449. The molecule has 0 aliphatic rings. The van der Waals surface area contributed by atoms with Gasteiger partial charge in [0.1, 0.15) is 0 Å². The van der Waals surface area contributed by atoms with Crippen molar-refractivity contribution in [1.29, 1.82) is 0 Å². The topological polar surface area (TPSA) is 41.5 Å². The van der Waals surface area contributed by atoms with Gasteiger partial charge in [0.2, 0.25) is 0 Å². The molecule has 1 unspecified atom stereocenters. The van der Waals surface area contributed by atoms with Crippen LogP contribution in [-0.4, -0.2) is 37.0 Å². The van der Waals surface area contributed by atoms with Crippen LogP contribution >= 0.6 is 0 Å². The van der Waals surface area contributed by atoms with Gasteiger partial charge in [-0.05, 0) is 32.2 Å². The highest BCUT2D eigenvalue weighted by Crippen LogP contribution is 2.17. The van der Waals surface area contributed by atoms with Crippen molar-refractivity contribution < 1.29 is 9.84 Å². The van der Waals surface area contributed by atoms with Crippen LogP contribution in [0.25, 0.3) is 0 Å². The molecule has 0 aliphatic heterocycles. The van der Waals surface area contributed by atoms with Gasteiger partial charge in [-0.3, -0.25) is 0 Å². The van der Waals surface area contributed by atoms with Gasteiger partial charge in [0.15, 0.2) is 0 Å². The van der Waals surface area contributed by atoms with E-state index in [0.717, 1.165) is 39.0 Å². The van der Waals surface area contributed by atoms with Crippen molar-refractivity contribution in [3.63, 3.8) is 0 Å². The summed E-state index contributed by atoms with van der Waals surface area (Å²) < 4.78 is 5.69. The van der Waals surface area contributed by atoms with E-state index in [2.05, 4.69) is 26.1 Å². The molecule has 0 rings (SSSR count). The highest BCUT2D eigenvalue weighted by Gasteiger charge is 2.25. The fraction of sp³-hybridized carbons (Fsp3) is 1.00. The second-order valence-corrected chi connectivity index (χ2v) is 5.81. The number of aliphatic hydroxyl groups excluding tert-OH is 1. The molecule has 0 heterocycles. The number of rotatable bonds is 15. The minimum absolute atomic E-state index is 0.0989. The van der Waals surface area contributed by atoms with Crippen LogP contribution in [0.4, 0.5) is 0 Å². The van der Waals surface area contributed by atoms with Crippen molar-refractivity contribution in [1.82, 2.24) is 5.32 Å². The second-order valence-electron chi connectivity index (χ2n) is 5.81. The lowest BCUT2D eigenvalue weighted by molar-refractivity contribution is 0.101. The Balaban J connectivity index is 3.45. The van der Waals surface area contributed by atoms with E-state index < -0.39 is 0 Å². The molecule has 3 heteroatoms. The van der Waals surface area contributed by atoms with Crippen molar-refractivity contribution >= 4 is 0 Å². The van der Waals surface area contributed by atoms with E-state index in [1.807, 2.05) is 0 Å². The highest BCUT2D eigenvalue weighted by atomic mass is 16.5. The van der Waals surface area contributed by atoms with E-state index >= 15 is 0 Å². The van der Waals surface area contributed by atoms with Crippen molar-refractivity contribution in [3.05, 3.63) is 0 Å². The zero-order valence-corrected chi connectivity index (χ0v) is 14.0. The molecule has 3 nitrogen and oxygen atoms in total. The molecule has 0 radical (unpaired) electrons. The Bertz CT molecular complexity index is 193. The number of likely N-dealkylation sites (N-methyl/N-ethyl adjacent to an activating group) is 1. The van der Waals surface area contributed by atoms with E-state index in [1.165, 1.54) is 38.5 Å². The zero-order chi connectivity index (χ0) is 15.1. The predicted octanol–water partition coefficient (Wildman–Crippen LogP) is 3.89. The van der Waals surface area contributed by atoms with Crippen molar-refractivity contribution in [2.45, 2.75) is 84.1 Å². The molecule has 0 saturated carbocycles. The third kappa shape index (κ3) is 9.73. The fourth-order valence-corrected chi connectivity index (χ4v) is 2.61. The van der Waals surface area contributed by atoms with Crippen LogP contribution in [0.15, 0.2) is 0 Å². The minimum Gasteiger partial charge on any atom is -0.394 e. The van der Waals surface area contributed by atoms with Gasteiger partial charge in [-0.1, -0.05) is 52.9 Å². The lowest BCUT2D eigenvalue weighted by atomic mass is 9.91. The molecule has 0 bridgehead atoms. The lowest BCUT2D eigenvalue weighted by Crippen LogP contribution is -2.48. The van der Waals surface area contributed by atoms with E-state index in [9.17, 15) is 5.11 Å². The Labute approximate surface area is 126 Å². The van der Waals surface area contributed by atoms with Crippen LogP contribution in [0.3, 0.4) is 0 Å². The van der Waals surface area contributed by atoms with E-state index in [1.54, 1.807) is 0 Å². The molecule has 122 valence electrons. The fourth-order valence-electron chi connectivity index (χ4n) is 2.61. The molecule has 1 atom stereocenters. The Morgan fingerprint density at radius 2 is 1.55 bits per heavy atom. The molecule has 0 amide bonds. The maximum Gasteiger partial charge on any atom is 0.0613 e. The first kappa shape index (κ1) is 19.9. The average Bonchev–Trinajstić information content (AvgIpc) is 2.48. The third-order valence-corrected chi connectivity index (χ3v) is 4.12. The first-order chi connectivity index (χ1) is 9.74. The number of unbranched alkanes of at least 4 members (excludes halogenated alkanes) is 5. The Morgan fingerprint density at radius 3 is 2.15 bits per heavy atom. The van der Waals surface area contributed by atoms with Crippen LogP contribution in [0.1, 0.15) is 78.6 Å².